The predicted octanol–water partition coefficient (Wildman–Crippen LogP) is 0.571. The van der Waals surface area contributed by atoms with Gasteiger partial charge in [0.05, 0.1) is 5.75 Å². The van der Waals surface area contributed by atoms with Gasteiger partial charge in [0.25, 0.3) is 0 Å². The highest BCUT2D eigenvalue weighted by Crippen LogP contribution is 2.49. The SMILES string of the molecule is CC(CCC(=O)O)NC(=O)CC1(CS(C)(=O)=O)CC1. The molecular weight excluding hydrogens is 270 g/mol. The molecular formula is C12H21NO5S. The summed E-state index contributed by atoms with van der Waals surface area (Å²) in [6, 6.07) is -0.211. The quantitative estimate of drug-likeness (QED) is 0.681. The number of rotatable bonds is 8. The van der Waals surface area contributed by atoms with Crippen molar-refractivity contribution < 1.29 is 23.1 Å². The Bertz CT molecular complexity index is 453. The molecule has 1 fully saturated rings. The minimum Gasteiger partial charge on any atom is -0.481 e. The summed E-state index contributed by atoms with van der Waals surface area (Å²) in [6.07, 6.45) is 3.29. The molecule has 0 aromatic heterocycles. The smallest absolute Gasteiger partial charge is 0.303 e. The summed E-state index contributed by atoms with van der Waals surface area (Å²) >= 11 is 0. The molecule has 0 aromatic rings. The molecule has 1 aliphatic rings. The third-order valence-electron chi connectivity index (χ3n) is 3.26. The second-order valence-electron chi connectivity index (χ2n) is 5.65. The van der Waals surface area contributed by atoms with Gasteiger partial charge in [-0.25, -0.2) is 8.42 Å². The van der Waals surface area contributed by atoms with Gasteiger partial charge in [-0.1, -0.05) is 0 Å². The van der Waals surface area contributed by atoms with Crippen molar-refractivity contribution in [2.24, 2.45) is 5.41 Å². The molecule has 1 rings (SSSR count). The number of carbonyl (C=O) groups excluding carboxylic acids is 1. The van der Waals surface area contributed by atoms with E-state index in [1.165, 1.54) is 6.26 Å². The number of hydrogen-bond acceptors (Lipinski definition) is 4. The lowest BCUT2D eigenvalue weighted by Gasteiger charge is -2.17. The Hall–Kier alpha value is -1.11. The van der Waals surface area contributed by atoms with Gasteiger partial charge in [-0.2, -0.15) is 0 Å². The largest absolute Gasteiger partial charge is 0.481 e. The van der Waals surface area contributed by atoms with Gasteiger partial charge in [-0.05, 0) is 31.6 Å². The van der Waals surface area contributed by atoms with Crippen molar-refractivity contribution in [3.8, 4) is 0 Å². The van der Waals surface area contributed by atoms with Crippen LogP contribution in [0.4, 0.5) is 0 Å². The first-order valence-corrected chi connectivity index (χ1v) is 8.37. The third-order valence-corrected chi connectivity index (χ3v) is 4.40. The summed E-state index contributed by atoms with van der Waals surface area (Å²) < 4.78 is 22.5. The van der Waals surface area contributed by atoms with Crippen LogP contribution in [0.1, 0.15) is 39.0 Å². The van der Waals surface area contributed by atoms with Gasteiger partial charge < -0.3 is 10.4 Å². The molecule has 2 N–H and O–H groups in total. The molecule has 1 unspecified atom stereocenters. The van der Waals surface area contributed by atoms with Gasteiger partial charge in [0.15, 0.2) is 0 Å². The van der Waals surface area contributed by atoms with Crippen molar-refractivity contribution in [1.29, 1.82) is 0 Å². The minimum absolute atomic E-state index is 0.00985. The van der Waals surface area contributed by atoms with Crippen LogP contribution < -0.4 is 5.32 Å². The molecule has 0 aromatic carbocycles. The number of amides is 1. The van der Waals surface area contributed by atoms with E-state index in [1.807, 2.05) is 0 Å². The topological polar surface area (TPSA) is 101 Å². The van der Waals surface area contributed by atoms with E-state index in [9.17, 15) is 18.0 Å². The van der Waals surface area contributed by atoms with Crippen LogP contribution in [0.2, 0.25) is 0 Å². The molecule has 0 bridgehead atoms. The van der Waals surface area contributed by atoms with Gasteiger partial charge in [0.1, 0.15) is 9.84 Å². The molecule has 0 heterocycles. The fourth-order valence-corrected chi connectivity index (χ4v) is 3.69. The Kier molecular flexibility index (Phi) is 4.95. The molecule has 1 saturated carbocycles. The molecule has 7 heteroatoms. The van der Waals surface area contributed by atoms with Crippen LogP contribution in [0.15, 0.2) is 0 Å². The summed E-state index contributed by atoms with van der Waals surface area (Å²) in [6.45, 7) is 1.75. The van der Waals surface area contributed by atoms with E-state index in [0.717, 1.165) is 12.8 Å². The van der Waals surface area contributed by atoms with Crippen LogP contribution in [0.3, 0.4) is 0 Å². The Morgan fingerprint density at radius 2 is 1.95 bits per heavy atom. The van der Waals surface area contributed by atoms with E-state index >= 15 is 0 Å². The fourth-order valence-electron chi connectivity index (χ4n) is 2.18. The highest BCUT2D eigenvalue weighted by atomic mass is 32.2. The third kappa shape index (κ3) is 6.56. The molecule has 0 saturated heterocycles. The number of aliphatic carboxylic acids is 1. The van der Waals surface area contributed by atoms with Gasteiger partial charge in [0, 0.05) is 25.1 Å². The Labute approximate surface area is 113 Å². The average Bonchev–Trinajstić information content (AvgIpc) is 2.91. The average molecular weight is 291 g/mol. The molecule has 1 aliphatic carbocycles. The molecule has 1 atom stereocenters. The van der Waals surface area contributed by atoms with E-state index in [2.05, 4.69) is 5.32 Å². The fraction of sp³-hybridized carbons (Fsp3) is 0.833. The Morgan fingerprint density at radius 1 is 1.37 bits per heavy atom. The zero-order chi connectivity index (χ0) is 14.7. The Morgan fingerprint density at radius 3 is 2.37 bits per heavy atom. The van der Waals surface area contributed by atoms with E-state index in [1.54, 1.807) is 6.92 Å². The first kappa shape index (κ1) is 15.9. The summed E-state index contributed by atoms with van der Waals surface area (Å²) in [5.41, 5.74) is -0.385. The van der Waals surface area contributed by atoms with Crippen molar-refractivity contribution in [3.63, 3.8) is 0 Å². The van der Waals surface area contributed by atoms with Crippen molar-refractivity contribution in [2.75, 3.05) is 12.0 Å². The zero-order valence-electron chi connectivity index (χ0n) is 11.3. The van der Waals surface area contributed by atoms with Crippen LogP contribution in [-0.2, 0) is 19.4 Å². The summed E-state index contributed by atoms with van der Waals surface area (Å²) in [5.74, 6) is -1.03. The van der Waals surface area contributed by atoms with Crippen molar-refractivity contribution in [2.45, 2.75) is 45.1 Å². The van der Waals surface area contributed by atoms with E-state index in [-0.39, 0.29) is 36.0 Å². The van der Waals surface area contributed by atoms with Crippen LogP contribution >= 0.6 is 0 Å². The summed E-state index contributed by atoms with van der Waals surface area (Å²) in [5, 5.41) is 11.3. The molecule has 19 heavy (non-hydrogen) atoms. The monoisotopic (exact) mass is 291 g/mol. The lowest BCUT2D eigenvalue weighted by atomic mass is 10.0. The number of hydrogen-bond donors (Lipinski definition) is 2. The van der Waals surface area contributed by atoms with Crippen LogP contribution in [-0.4, -0.2) is 43.5 Å². The number of sulfone groups is 1. The summed E-state index contributed by atoms with van der Waals surface area (Å²) in [7, 11) is -3.07. The Balaban J connectivity index is 2.37. The molecule has 110 valence electrons. The van der Waals surface area contributed by atoms with E-state index < -0.39 is 15.8 Å². The second-order valence-corrected chi connectivity index (χ2v) is 7.79. The molecule has 1 amide bonds. The molecule has 0 spiro atoms. The molecule has 0 radical (unpaired) electrons. The maximum atomic E-state index is 11.8. The standard InChI is InChI=1S/C12H21NO5S/c1-9(3-4-11(15)16)13-10(14)7-12(5-6-12)8-19(2,17)18/h9H,3-8H2,1-2H3,(H,13,14)(H,15,16). The lowest BCUT2D eigenvalue weighted by Crippen LogP contribution is -2.35. The first-order valence-electron chi connectivity index (χ1n) is 6.31. The van der Waals surface area contributed by atoms with Gasteiger partial charge in [-0.3, -0.25) is 9.59 Å². The second kappa shape index (κ2) is 5.90. The van der Waals surface area contributed by atoms with Crippen molar-refractivity contribution >= 4 is 21.7 Å². The number of carboxylic acid groups (broad SMARTS) is 1. The normalized spacial score (nSPS) is 18.6. The maximum Gasteiger partial charge on any atom is 0.303 e. The maximum absolute atomic E-state index is 11.8. The molecule has 6 nitrogen and oxygen atoms in total. The van der Waals surface area contributed by atoms with Crippen LogP contribution in [0.25, 0.3) is 0 Å². The highest BCUT2D eigenvalue weighted by Gasteiger charge is 2.46. The van der Waals surface area contributed by atoms with Crippen molar-refractivity contribution in [3.05, 3.63) is 0 Å². The number of carbonyl (C=O) groups is 2. The first-order chi connectivity index (χ1) is 8.62. The molecule has 0 aliphatic heterocycles. The van der Waals surface area contributed by atoms with Gasteiger partial charge in [0.2, 0.25) is 5.91 Å². The highest BCUT2D eigenvalue weighted by molar-refractivity contribution is 7.90. The zero-order valence-corrected chi connectivity index (χ0v) is 12.1. The predicted molar refractivity (Wildman–Crippen MR) is 70.5 cm³/mol. The number of nitrogens with one attached hydrogen (secondary N) is 1. The van der Waals surface area contributed by atoms with Gasteiger partial charge >= 0.3 is 5.97 Å². The van der Waals surface area contributed by atoms with Crippen LogP contribution in [0, 0.1) is 5.41 Å². The lowest BCUT2D eigenvalue weighted by molar-refractivity contribution is -0.137. The van der Waals surface area contributed by atoms with Gasteiger partial charge in [-0.15, -0.1) is 0 Å². The van der Waals surface area contributed by atoms with Crippen molar-refractivity contribution in [1.82, 2.24) is 5.32 Å². The minimum atomic E-state index is -3.07. The number of carboxylic acids is 1. The van der Waals surface area contributed by atoms with Crippen LogP contribution in [0.5, 0.6) is 0 Å². The van der Waals surface area contributed by atoms with E-state index in [4.69, 9.17) is 5.11 Å². The van der Waals surface area contributed by atoms with E-state index in [0.29, 0.717) is 6.42 Å². The summed E-state index contributed by atoms with van der Waals surface area (Å²) in [4.78, 5) is 22.2.